The third-order valence-electron chi connectivity index (χ3n) is 9.63. The summed E-state index contributed by atoms with van der Waals surface area (Å²) in [6.45, 7) is 28.7. The van der Waals surface area contributed by atoms with E-state index in [4.69, 9.17) is 11.2 Å². The summed E-state index contributed by atoms with van der Waals surface area (Å²) in [5, 5.41) is 0. The summed E-state index contributed by atoms with van der Waals surface area (Å²) >= 11 is 0. The third kappa shape index (κ3) is 8.40. The number of aryl methyl sites for hydroxylation is 2. The molecule has 1 aliphatic carbocycles. The third-order valence-corrected chi connectivity index (χ3v) is 9.63. The highest BCUT2D eigenvalue weighted by atomic mass is 16.5. The maximum absolute atomic E-state index is 12.1. The molecule has 2 atom stereocenters. The molecule has 3 fully saturated rings. The van der Waals surface area contributed by atoms with Gasteiger partial charge in [0.15, 0.2) is 0 Å². The summed E-state index contributed by atoms with van der Waals surface area (Å²) in [4.78, 5) is 18.6. The molecule has 0 bridgehead atoms. The fourth-order valence-corrected chi connectivity index (χ4v) is 7.01. The molecule has 2 aromatic carbocycles. The quantitative estimate of drug-likeness (QED) is 0.112. The van der Waals surface area contributed by atoms with Crippen molar-refractivity contribution in [1.29, 1.82) is 0 Å². The Morgan fingerprint density at radius 3 is 2.30 bits per heavy atom. The van der Waals surface area contributed by atoms with E-state index < -0.39 is 0 Å². The second-order valence-electron chi connectivity index (χ2n) is 13.4. The molecular formula is C42H63N3O2. The number of carbonyl (C=O) groups is 1. The van der Waals surface area contributed by atoms with Crippen LogP contribution in [0.1, 0.15) is 84.0 Å². The number of nitrogens with zero attached hydrogens (tertiary/aromatic N) is 3. The number of rotatable bonds is 10. The predicted molar refractivity (Wildman–Crippen MR) is 206 cm³/mol. The van der Waals surface area contributed by atoms with Crippen molar-refractivity contribution in [2.75, 3.05) is 58.3 Å². The van der Waals surface area contributed by atoms with Gasteiger partial charge in [-0.05, 0) is 106 Å². The lowest BCUT2D eigenvalue weighted by Crippen LogP contribution is -2.59. The van der Waals surface area contributed by atoms with Gasteiger partial charge in [-0.1, -0.05) is 65.0 Å². The molecule has 2 aliphatic heterocycles. The monoisotopic (exact) mass is 641 g/mol. The van der Waals surface area contributed by atoms with E-state index in [-0.39, 0.29) is 25.6 Å². The SMILES string of the molecule is C.C#Cc1c(N2CCC3(CN(C(=O)C=C)C3)C2)ccc(OCCCN(C)C)c1-c1c(C)ccc(C)c1C1CC1(C)C=C.C=CC.CC.[HH]. The van der Waals surface area contributed by atoms with Crippen LogP contribution >= 0.6 is 0 Å². The Morgan fingerprint density at radius 1 is 1.11 bits per heavy atom. The van der Waals surface area contributed by atoms with Crippen molar-refractivity contribution in [1.82, 2.24) is 9.80 Å². The van der Waals surface area contributed by atoms with Crippen LogP contribution in [0.4, 0.5) is 5.69 Å². The summed E-state index contributed by atoms with van der Waals surface area (Å²) in [5.41, 5.74) is 8.34. The fraction of sp³-hybridized carbons (Fsp3) is 0.500. The lowest BCUT2D eigenvalue weighted by Gasteiger charge is -2.47. The highest BCUT2D eigenvalue weighted by molar-refractivity contribution is 5.89. The van der Waals surface area contributed by atoms with Crippen molar-refractivity contribution >= 4 is 11.6 Å². The van der Waals surface area contributed by atoms with E-state index >= 15 is 0 Å². The molecule has 47 heavy (non-hydrogen) atoms. The van der Waals surface area contributed by atoms with Crippen molar-refractivity contribution < 1.29 is 11.0 Å². The van der Waals surface area contributed by atoms with Gasteiger partial charge in [0.25, 0.3) is 0 Å². The maximum Gasteiger partial charge on any atom is 0.245 e. The molecule has 5 rings (SSSR count). The van der Waals surface area contributed by atoms with Gasteiger partial charge in [0, 0.05) is 45.1 Å². The van der Waals surface area contributed by atoms with Gasteiger partial charge in [-0.25, -0.2) is 0 Å². The Bertz CT molecular complexity index is 1470. The number of likely N-dealkylation sites (tertiary alicyclic amines) is 1. The van der Waals surface area contributed by atoms with Gasteiger partial charge in [-0.3, -0.25) is 4.79 Å². The van der Waals surface area contributed by atoms with Gasteiger partial charge < -0.3 is 19.4 Å². The predicted octanol–water partition coefficient (Wildman–Crippen LogP) is 9.29. The van der Waals surface area contributed by atoms with Gasteiger partial charge in [-0.2, -0.15) is 0 Å². The van der Waals surface area contributed by atoms with Crippen LogP contribution in [0.15, 0.2) is 62.2 Å². The molecule has 3 aliphatic rings. The average molecular weight is 642 g/mol. The van der Waals surface area contributed by atoms with Crippen LogP contribution in [0.2, 0.25) is 0 Å². The molecule has 1 saturated carbocycles. The highest BCUT2D eigenvalue weighted by Crippen LogP contribution is 2.63. The van der Waals surface area contributed by atoms with Crippen molar-refractivity contribution in [2.24, 2.45) is 10.8 Å². The zero-order valence-corrected chi connectivity index (χ0v) is 29.8. The van der Waals surface area contributed by atoms with Gasteiger partial charge >= 0.3 is 0 Å². The van der Waals surface area contributed by atoms with Crippen LogP contribution in [0.3, 0.4) is 0 Å². The normalized spacial score (nSPS) is 20.0. The number of hydrogen-bond acceptors (Lipinski definition) is 4. The first-order valence-electron chi connectivity index (χ1n) is 16.9. The van der Waals surface area contributed by atoms with E-state index in [0.717, 1.165) is 74.6 Å². The van der Waals surface area contributed by atoms with E-state index in [9.17, 15) is 4.79 Å². The van der Waals surface area contributed by atoms with Crippen molar-refractivity contribution in [3.63, 3.8) is 0 Å². The number of hydrogen-bond donors (Lipinski definition) is 0. The first kappa shape index (κ1) is 39.4. The molecule has 1 spiro atoms. The Labute approximate surface area is 288 Å². The van der Waals surface area contributed by atoms with Gasteiger partial charge in [0.2, 0.25) is 5.91 Å². The molecule has 5 nitrogen and oxygen atoms in total. The van der Waals surface area contributed by atoms with Gasteiger partial charge in [0.05, 0.1) is 17.9 Å². The number of amides is 1. The lowest BCUT2D eigenvalue weighted by molar-refractivity contribution is -0.136. The maximum atomic E-state index is 12.1. The molecular weight excluding hydrogens is 578 g/mol. The zero-order valence-electron chi connectivity index (χ0n) is 29.8. The molecule has 5 heteroatoms. The second-order valence-corrected chi connectivity index (χ2v) is 13.4. The lowest BCUT2D eigenvalue weighted by atomic mass is 9.79. The number of anilines is 1. The summed E-state index contributed by atoms with van der Waals surface area (Å²) in [7, 11) is 4.17. The number of carbonyl (C=O) groups excluding carboxylic acids is 1. The number of terminal acetylenes is 1. The van der Waals surface area contributed by atoms with E-state index in [2.05, 4.69) is 101 Å². The molecule has 258 valence electrons. The Balaban J connectivity index is 0.00000156. The number of allylic oxidation sites excluding steroid dienone is 2. The largest absolute Gasteiger partial charge is 0.493 e. The molecule has 2 aromatic rings. The summed E-state index contributed by atoms with van der Waals surface area (Å²) in [6, 6.07) is 8.74. The summed E-state index contributed by atoms with van der Waals surface area (Å²) in [6.07, 6.45) is 14.8. The molecule has 0 aromatic heterocycles. The Hall–Kier alpha value is -3.75. The molecule has 2 unspecified atom stereocenters. The van der Waals surface area contributed by atoms with E-state index in [1.807, 2.05) is 25.7 Å². The van der Waals surface area contributed by atoms with Crippen molar-refractivity contribution in [3.8, 4) is 29.2 Å². The van der Waals surface area contributed by atoms with Crippen molar-refractivity contribution in [3.05, 3.63) is 84.5 Å². The standard InChI is InChI=1S/C36H45N3O2.C3H6.C2H6.CH4.H2/c1-9-27-29(38-19-17-36(22-38)23-39(24-36)31(40)10-2)15-16-30(41-20-12-18-37(7)8)34(27)33-26(5)14-13-25(4)32(33)28-21-35(28,6)11-3;1-3-2;1-2;;/h1,10-11,13-16,28H,2-3,12,17-24H2,4-8H3;3H,1H2,2H3;1-2H3;1H4;1H. The van der Waals surface area contributed by atoms with Crippen LogP contribution in [-0.2, 0) is 4.79 Å². The minimum Gasteiger partial charge on any atom is -0.493 e. The second kappa shape index (κ2) is 16.9. The molecule has 2 saturated heterocycles. The van der Waals surface area contributed by atoms with Gasteiger partial charge in [-0.15, -0.1) is 19.6 Å². The first-order chi connectivity index (χ1) is 22.0. The fourth-order valence-electron chi connectivity index (χ4n) is 7.01. The van der Waals surface area contributed by atoms with Crippen LogP contribution < -0.4 is 9.64 Å². The molecule has 2 heterocycles. The van der Waals surface area contributed by atoms with E-state index in [0.29, 0.717) is 12.5 Å². The number of benzene rings is 2. The zero-order chi connectivity index (χ0) is 34.2. The van der Waals surface area contributed by atoms with Crippen LogP contribution in [0.25, 0.3) is 11.1 Å². The smallest absolute Gasteiger partial charge is 0.245 e. The van der Waals surface area contributed by atoms with Crippen LogP contribution in [0, 0.1) is 37.0 Å². The topological polar surface area (TPSA) is 36.0 Å². The average Bonchev–Trinajstić information content (AvgIpc) is 3.49. The van der Waals surface area contributed by atoms with Crippen molar-refractivity contribution in [2.45, 2.75) is 74.1 Å². The van der Waals surface area contributed by atoms with Crippen LogP contribution in [0.5, 0.6) is 5.75 Å². The molecule has 0 N–H and O–H groups in total. The number of ether oxygens (including phenoxy) is 1. The molecule has 1 amide bonds. The van der Waals surface area contributed by atoms with Gasteiger partial charge in [0.1, 0.15) is 5.75 Å². The molecule has 0 radical (unpaired) electrons. The van der Waals surface area contributed by atoms with E-state index in [1.165, 1.54) is 28.3 Å². The first-order valence-corrected chi connectivity index (χ1v) is 16.9. The van der Waals surface area contributed by atoms with Crippen LogP contribution in [-0.4, -0.2) is 69.1 Å². The van der Waals surface area contributed by atoms with E-state index in [1.54, 1.807) is 6.08 Å². The minimum atomic E-state index is 0. The highest BCUT2D eigenvalue weighted by Gasteiger charge is 2.51. The minimum absolute atomic E-state index is 0. The summed E-state index contributed by atoms with van der Waals surface area (Å²) in [5.74, 6) is 4.41. The summed E-state index contributed by atoms with van der Waals surface area (Å²) < 4.78 is 6.54. The Morgan fingerprint density at radius 2 is 1.74 bits per heavy atom. The Kier molecular flexibility index (Phi) is 14.2.